The molecule has 0 atom stereocenters. The number of rotatable bonds is 2. The molecule has 2 heterocycles. The lowest BCUT2D eigenvalue weighted by Crippen LogP contribution is -2.03. The van der Waals surface area contributed by atoms with Gasteiger partial charge in [0.25, 0.3) is 0 Å². The molecule has 74 valence electrons. The topological polar surface area (TPSA) is 56.7 Å². The summed E-state index contributed by atoms with van der Waals surface area (Å²) in [6.45, 7) is 4.63. The van der Waals surface area contributed by atoms with Gasteiger partial charge in [-0.05, 0) is 13.8 Å². The van der Waals surface area contributed by atoms with Crippen LogP contribution in [-0.4, -0.2) is 14.5 Å². The monoisotopic (exact) mass is 208 g/mol. The fraction of sp³-hybridized carbons (Fsp3) is 0.333. The molecule has 0 bridgehead atoms. The molecule has 0 aliphatic carbocycles. The highest BCUT2D eigenvalue weighted by atomic mass is 32.1. The second kappa shape index (κ2) is 3.42. The summed E-state index contributed by atoms with van der Waals surface area (Å²) in [5.41, 5.74) is 7.70. The predicted octanol–water partition coefficient (Wildman–Crippen LogP) is 1.59. The highest BCUT2D eigenvalue weighted by Crippen LogP contribution is 2.12. The van der Waals surface area contributed by atoms with Gasteiger partial charge in [-0.15, -0.1) is 11.3 Å². The van der Waals surface area contributed by atoms with Crippen LogP contribution in [0.25, 0.3) is 0 Å². The van der Waals surface area contributed by atoms with Crippen LogP contribution in [0.1, 0.15) is 16.4 Å². The van der Waals surface area contributed by atoms with Crippen molar-refractivity contribution in [3.63, 3.8) is 0 Å². The van der Waals surface area contributed by atoms with Crippen molar-refractivity contribution < 1.29 is 0 Å². The third-order valence-corrected chi connectivity index (χ3v) is 2.75. The summed E-state index contributed by atoms with van der Waals surface area (Å²) in [4.78, 5) is 8.50. The summed E-state index contributed by atoms with van der Waals surface area (Å²) in [5.74, 6) is 0.549. The summed E-state index contributed by atoms with van der Waals surface area (Å²) >= 11 is 1.65. The number of hydrogen-bond donors (Lipinski definition) is 1. The SMILES string of the molecule is Cc1cn(Cc2csc(C)n2)c(N)n1. The molecule has 0 aromatic carbocycles. The van der Waals surface area contributed by atoms with E-state index in [2.05, 4.69) is 9.97 Å². The summed E-state index contributed by atoms with van der Waals surface area (Å²) in [5, 5.41) is 3.12. The molecule has 0 aliphatic heterocycles. The third kappa shape index (κ3) is 1.77. The zero-order valence-electron chi connectivity index (χ0n) is 8.19. The van der Waals surface area contributed by atoms with E-state index in [-0.39, 0.29) is 0 Å². The molecule has 0 spiro atoms. The smallest absolute Gasteiger partial charge is 0.200 e. The molecule has 2 rings (SSSR count). The first-order valence-electron chi connectivity index (χ1n) is 4.35. The number of aryl methyl sites for hydroxylation is 2. The molecule has 2 aromatic heterocycles. The Balaban J connectivity index is 2.22. The predicted molar refractivity (Wildman–Crippen MR) is 57.3 cm³/mol. The Bertz CT molecular complexity index is 443. The molecule has 0 aliphatic rings. The number of imidazole rings is 1. The minimum Gasteiger partial charge on any atom is -0.369 e. The van der Waals surface area contributed by atoms with Crippen molar-refractivity contribution >= 4 is 17.3 Å². The van der Waals surface area contributed by atoms with Crippen LogP contribution in [0.5, 0.6) is 0 Å². The summed E-state index contributed by atoms with van der Waals surface area (Å²) in [6.07, 6.45) is 1.93. The number of nitrogens with zero attached hydrogens (tertiary/aromatic N) is 3. The van der Waals surface area contributed by atoms with Crippen molar-refractivity contribution in [3.05, 3.63) is 28.0 Å². The van der Waals surface area contributed by atoms with Crippen LogP contribution in [0.2, 0.25) is 0 Å². The van der Waals surface area contributed by atoms with E-state index >= 15 is 0 Å². The molecule has 0 saturated heterocycles. The molecule has 2 N–H and O–H groups in total. The molecule has 2 aromatic rings. The van der Waals surface area contributed by atoms with Gasteiger partial charge in [-0.1, -0.05) is 0 Å². The number of hydrogen-bond acceptors (Lipinski definition) is 4. The summed E-state index contributed by atoms with van der Waals surface area (Å²) < 4.78 is 1.91. The van der Waals surface area contributed by atoms with Crippen molar-refractivity contribution in [2.45, 2.75) is 20.4 Å². The molecular weight excluding hydrogens is 196 g/mol. The second-order valence-electron chi connectivity index (χ2n) is 3.23. The number of nitrogens with two attached hydrogens (primary N) is 1. The normalized spacial score (nSPS) is 10.7. The van der Waals surface area contributed by atoms with Crippen LogP contribution in [0.15, 0.2) is 11.6 Å². The van der Waals surface area contributed by atoms with Crippen LogP contribution < -0.4 is 5.73 Å². The van der Waals surface area contributed by atoms with Crippen LogP contribution in [0, 0.1) is 13.8 Å². The number of nitrogen functional groups attached to an aromatic ring is 1. The van der Waals surface area contributed by atoms with Gasteiger partial charge in [0.1, 0.15) is 0 Å². The van der Waals surface area contributed by atoms with Crippen molar-refractivity contribution in [3.8, 4) is 0 Å². The van der Waals surface area contributed by atoms with Gasteiger partial charge in [-0.3, -0.25) is 0 Å². The quantitative estimate of drug-likeness (QED) is 0.815. The molecule has 14 heavy (non-hydrogen) atoms. The zero-order valence-corrected chi connectivity index (χ0v) is 9.01. The van der Waals surface area contributed by atoms with Crippen LogP contribution in [0.4, 0.5) is 5.95 Å². The molecule has 0 unspecified atom stereocenters. The first kappa shape index (κ1) is 9.21. The van der Waals surface area contributed by atoms with E-state index in [1.54, 1.807) is 11.3 Å². The zero-order chi connectivity index (χ0) is 10.1. The van der Waals surface area contributed by atoms with Gasteiger partial charge in [0, 0.05) is 11.6 Å². The van der Waals surface area contributed by atoms with Crippen molar-refractivity contribution in [2.75, 3.05) is 5.73 Å². The molecule has 0 amide bonds. The third-order valence-electron chi connectivity index (χ3n) is 1.93. The van der Waals surface area contributed by atoms with E-state index in [0.717, 1.165) is 16.4 Å². The molecule has 0 fully saturated rings. The lowest BCUT2D eigenvalue weighted by molar-refractivity contribution is 0.788. The van der Waals surface area contributed by atoms with E-state index < -0.39 is 0 Å². The number of anilines is 1. The molecular formula is C9H12N4S. The first-order valence-corrected chi connectivity index (χ1v) is 5.23. The number of aromatic nitrogens is 3. The van der Waals surface area contributed by atoms with Crippen LogP contribution in [-0.2, 0) is 6.54 Å². The van der Waals surface area contributed by atoms with Gasteiger partial charge in [0.15, 0.2) is 0 Å². The van der Waals surface area contributed by atoms with Gasteiger partial charge < -0.3 is 10.3 Å². The molecule has 4 nitrogen and oxygen atoms in total. The standard InChI is InChI=1S/C9H12N4S/c1-6-3-13(9(10)11-6)4-8-5-14-7(2)12-8/h3,5H,4H2,1-2H3,(H2,10,11). The Hall–Kier alpha value is -1.36. The van der Waals surface area contributed by atoms with Crippen molar-refractivity contribution in [1.29, 1.82) is 0 Å². The van der Waals surface area contributed by atoms with Crippen molar-refractivity contribution in [2.24, 2.45) is 0 Å². The Labute approximate surface area is 86.4 Å². The number of thiazole rings is 1. The van der Waals surface area contributed by atoms with E-state index in [9.17, 15) is 0 Å². The first-order chi connectivity index (χ1) is 6.65. The summed E-state index contributed by atoms with van der Waals surface area (Å²) in [6, 6.07) is 0. The Morgan fingerprint density at radius 1 is 1.43 bits per heavy atom. The second-order valence-corrected chi connectivity index (χ2v) is 4.29. The van der Waals surface area contributed by atoms with E-state index in [4.69, 9.17) is 5.73 Å². The van der Waals surface area contributed by atoms with Crippen LogP contribution >= 0.6 is 11.3 Å². The van der Waals surface area contributed by atoms with Gasteiger partial charge in [-0.25, -0.2) is 9.97 Å². The average Bonchev–Trinajstić information content (AvgIpc) is 2.61. The molecule has 0 radical (unpaired) electrons. The Morgan fingerprint density at radius 3 is 2.71 bits per heavy atom. The van der Waals surface area contributed by atoms with Crippen LogP contribution in [0.3, 0.4) is 0 Å². The average molecular weight is 208 g/mol. The minimum atomic E-state index is 0.549. The lowest BCUT2D eigenvalue weighted by atomic mass is 10.4. The van der Waals surface area contributed by atoms with Gasteiger partial charge in [0.2, 0.25) is 5.95 Å². The minimum absolute atomic E-state index is 0.549. The van der Waals surface area contributed by atoms with E-state index in [1.807, 2.05) is 30.0 Å². The highest BCUT2D eigenvalue weighted by Gasteiger charge is 2.04. The maximum atomic E-state index is 5.72. The van der Waals surface area contributed by atoms with Gasteiger partial charge >= 0.3 is 0 Å². The largest absolute Gasteiger partial charge is 0.369 e. The molecule has 5 heteroatoms. The van der Waals surface area contributed by atoms with Gasteiger partial charge in [-0.2, -0.15) is 0 Å². The van der Waals surface area contributed by atoms with Gasteiger partial charge in [0.05, 0.1) is 22.9 Å². The lowest BCUT2D eigenvalue weighted by Gasteiger charge is -2.00. The summed E-state index contributed by atoms with van der Waals surface area (Å²) in [7, 11) is 0. The Morgan fingerprint density at radius 2 is 2.21 bits per heavy atom. The highest BCUT2D eigenvalue weighted by molar-refractivity contribution is 7.09. The Kier molecular flexibility index (Phi) is 2.25. The van der Waals surface area contributed by atoms with E-state index in [1.165, 1.54) is 0 Å². The fourth-order valence-electron chi connectivity index (χ4n) is 1.35. The van der Waals surface area contributed by atoms with E-state index in [0.29, 0.717) is 12.5 Å². The maximum Gasteiger partial charge on any atom is 0.200 e. The maximum absolute atomic E-state index is 5.72. The molecule has 0 saturated carbocycles. The fourth-order valence-corrected chi connectivity index (χ4v) is 1.95. The van der Waals surface area contributed by atoms with Crippen molar-refractivity contribution in [1.82, 2.24) is 14.5 Å².